The molecule has 0 N–H and O–H groups in total. The molecule has 0 aromatic rings. The van der Waals surface area contributed by atoms with Gasteiger partial charge in [0.2, 0.25) is 0 Å². The topological polar surface area (TPSA) is 0 Å². The van der Waals surface area contributed by atoms with Crippen molar-refractivity contribution in [3.05, 3.63) is 6.92 Å². The van der Waals surface area contributed by atoms with Crippen molar-refractivity contribution in [2.45, 2.75) is 6.92 Å². The van der Waals surface area contributed by atoms with Gasteiger partial charge in [0.15, 0.2) is 0 Å². The van der Waals surface area contributed by atoms with E-state index < -0.39 is 0 Å². The molecule has 1 radical (unpaired) electrons. The van der Waals surface area contributed by atoms with E-state index in [-0.39, 0.29) is 0 Å². The summed E-state index contributed by atoms with van der Waals surface area (Å²) in [5.41, 5.74) is 0. The molecule has 0 nitrogen and oxygen atoms in total. The standard InChI is InChI=1S/C2H5.2HI.Mg/c1-2;;;/h1H2,2H3;2*1H;/q;;;+2/p-2. The molecular weight excluding hydrogens is 302 g/mol. The lowest BCUT2D eigenvalue weighted by Crippen LogP contribution is -1.30. The second kappa shape index (κ2) is 16.3. The van der Waals surface area contributed by atoms with Crippen LogP contribution in [0.15, 0.2) is 0 Å². The maximum atomic E-state index is 3.25. The molecule has 0 aliphatic heterocycles. The Morgan fingerprint density at radius 1 is 1.40 bits per heavy atom. The molecule has 0 heterocycles. The van der Waals surface area contributed by atoms with Gasteiger partial charge in [-0.1, -0.05) is 13.8 Å². The summed E-state index contributed by atoms with van der Waals surface area (Å²) in [4.78, 5) is 0. The third-order valence-corrected chi connectivity index (χ3v) is 0. The van der Waals surface area contributed by atoms with Crippen molar-refractivity contribution < 1.29 is 0 Å². The van der Waals surface area contributed by atoms with Gasteiger partial charge in [0, 0.05) is 0 Å². The molecule has 0 aliphatic carbocycles. The normalized spacial score (nSPS) is 3.20. The summed E-state index contributed by atoms with van der Waals surface area (Å²) >= 11 is 5.18. The third kappa shape index (κ3) is 22.4. The van der Waals surface area contributed by atoms with Gasteiger partial charge >= 0.3 is 12.6 Å². The van der Waals surface area contributed by atoms with Gasteiger partial charge in [-0.2, -0.15) is 0 Å². The number of halogens is 2. The Morgan fingerprint density at radius 3 is 1.40 bits per heavy atom. The number of hydrogen-bond donors (Lipinski definition) is 0. The summed E-state index contributed by atoms with van der Waals surface area (Å²) in [6.45, 7) is 5.00. The summed E-state index contributed by atoms with van der Waals surface area (Å²) in [6.07, 6.45) is 0. The van der Waals surface area contributed by atoms with Crippen LogP contribution in [0.25, 0.3) is 0 Å². The molecule has 0 aromatic heterocycles. The summed E-state index contributed by atoms with van der Waals surface area (Å²) in [7, 11) is 0. The largest absolute Gasteiger partial charge is 0.552 e. The van der Waals surface area contributed by atoms with Gasteiger partial charge in [-0.25, -0.2) is 0 Å². The van der Waals surface area contributed by atoms with Gasteiger partial charge in [0.05, 0.1) is 0 Å². The number of hydrogen-bond acceptors (Lipinski definition) is 0. The monoisotopic (exact) mass is 307 g/mol. The zero-order chi connectivity index (χ0) is 4.71. The molecule has 0 aromatic carbocycles. The minimum absolute atomic E-state index is 0.357. The van der Waals surface area contributed by atoms with E-state index in [4.69, 9.17) is 0 Å². The molecule has 0 atom stereocenters. The Hall–Kier alpha value is 2.23. The van der Waals surface area contributed by atoms with Crippen LogP contribution >= 0.6 is 37.7 Å². The van der Waals surface area contributed by atoms with Crippen LogP contribution < -0.4 is 0 Å². The zero-order valence-corrected chi connectivity index (χ0v) is 8.90. The quantitative estimate of drug-likeness (QED) is 0.476. The minimum atomic E-state index is 0.357. The summed E-state index contributed by atoms with van der Waals surface area (Å²) in [6, 6.07) is 0. The van der Waals surface area contributed by atoms with Crippen molar-refractivity contribution in [3.63, 3.8) is 0 Å². The minimum Gasteiger partial charge on any atom is -0.276 e. The van der Waals surface area contributed by atoms with Crippen LogP contribution in [-0.2, 0) is 0 Å². The zero-order valence-electron chi connectivity index (χ0n) is 3.17. The van der Waals surface area contributed by atoms with E-state index >= 15 is 0 Å². The van der Waals surface area contributed by atoms with Crippen LogP contribution in [0.4, 0.5) is 0 Å². The molecule has 0 unspecified atom stereocenters. The highest BCUT2D eigenvalue weighted by atomic mass is 127. The van der Waals surface area contributed by atoms with E-state index in [0.717, 1.165) is 0 Å². The molecule has 0 amide bonds. The highest BCUT2D eigenvalue weighted by molar-refractivity contribution is 14.3. The third-order valence-electron chi connectivity index (χ3n) is 0. The first kappa shape index (κ1) is 10.3. The van der Waals surface area contributed by atoms with Crippen molar-refractivity contribution >= 4 is 50.3 Å². The van der Waals surface area contributed by atoms with Crippen LogP contribution in [0.2, 0.25) is 0 Å². The molecule has 0 spiro atoms. The second-order valence-corrected chi connectivity index (χ2v) is 13.6. The summed E-state index contributed by atoms with van der Waals surface area (Å²) in [5, 5.41) is 0. The SMILES string of the molecule is [CH2]C.[I][Mg][I]. The maximum absolute atomic E-state index is 3.25. The van der Waals surface area contributed by atoms with E-state index in [2.05, 4.69) is 44.6 Å². The maximum Gasteiger partial charge on any atom is 0.552 e. The first-order chi connectivity index (χ1) is 2.41. The van der Waals surface area contributed by atoms with E-state index in [1.165, 1.54) is 0 Å². The Labute approximate surface area is 63.0 Å². The summed E-state index contributed by atoms with van der Waals surface area (Å²) in [5.74, 6) is 0. The molecule has 5 heavy (non-hydrogen) atoms. The lowest BCUT2D eigenvalue weighted by molar-refractivity contribution is 1.81. The molecule has 3 heteroatoms. The van der Waals surface area contributed by atoms with E-state index in [1.807, 2.05) is 0 Å². The van der Waals surface area contributed by atoms with Gasteiger partial charge in [-0.3, -0.25) is 37.7 Å². The highest BCUT2D eigenvalue weighted by Crippen LogP contribution is 1.80. The molecule has 0 saturated carbocycles. The smallest absolute Gasteiger partial charge is 0.276 e. The Bertz CT molecular complexity index is 7.61. The van der Waals surface area contributed by atoms with Crippen molar-refractivity contribution in [3.8, 4) is 0 Å². The van der Waals surface area contributed by atoms with Crippen LogP contribution in [-0.4, -0.2) is 12.6 Å². The Kier molecular flexibility index (Phi) is 33.5. The lowest BCUT2D eigenvalue weighted by atomic mass is 11.0. The van der Waals surface area contributed by atoms with E-state index in [0.29, 0.717) is 12.6 Å². The Balaban J connectivity index is 0. The van der Waals surface area contributed by atoms with Crippen molar-refractivity contribution in [1.29, 1.82) is 0 Å². The molecular formula is C2H5I2Mg. The van der Waals surface area contributed by atoms with Gasteiger partial charge in [-0.05, 0) is 0 Å². The predicted molar refractivity (Wildman–Crippen MR) is 44.8 cm³/mol. The average molecular weight is 307 g/mol. The highest BCUT2D eigenvalue weighted by Gasteiger charge is 1.61. The Morgan fingerprint density at radius 2 is 1.40 bits per heavy atom. The van der Waals surface area contributed by atoms with Crippen LogP contribution in [0, 0.1) is 6.92 Å². The molecule has 0 bridgehead atoms. The van der Waals surface area contributed by atoms with Crippen molar-refractivity contribution in [1.82, 2.24) is 0 Å². The first-order valence-corrected chi connectivity index (χ1v) is 11.5. The fourth-order valence-electron chi connectivity index (χ4n) is 0. The lowest BCUT2D eigenvalue weighted by Gasteiger charge is -1.33. The molecule has 0 saturated heterocycles. The van der Waals surface area contributed by atoms with Gasteiger partial charge in [-0.15, -0.1) is 0 Å². The average Bonchev–Trinajstić information content (AvgIpc) is 1.46. The van der Waals surface area contributed by atoms with Crippen LogP contribution in [0.1, 0.15) is 6.92 Å². The first-order valence-electron chi connectivity index (χ1n) is 1.24. The predicted octanol–water partition coefficient (Wildman–Crippen LogP) is 2.23. The van der Waals surface area contributed by atoms with Crippen LogP contribution in [0.5, 0.6) is 0 Å². The van der Waals surface area contributed by atoms with Crippen molar-refractivity contribution in [2.75, 3.05) is 0 Å². The van der Waals surface area contributed by atoms with Gasteiger partial charge in [0.1, 0.15) is 0 Å². The molecule has 0 rings (SSSR count). The van der Waals surface area contributed by atoms with Crippen molar-refractivity contribution in [2.24, 2.45) is 0 Å². The summed E-state index contributed by atoms with van der Waals surface area (Å²) < 4.78 is 0. The second-order valence-electron chi connectivity index (χ2n) is 0.101. The van der Waals surface area contributed by atoms with E-state index in [1.54, 1.807) is 6.92 Å². The molecule has 29 valence electrons. The van der Waals surface area contributed by atoms with Gasteiger partial charge in [0.25, 0.3) is 0 Å². The fraction of sp³-hybridized carbons (Fsp3) is 0.500. The number of rotatable bonds is 0. The van der Waals surface area contributed by atoms with E-state index in [9.17, 15) is 0 Å². The van der Waals surface area contributed by atoms with Gasteiger partial charge < -0.3 is 0 Å². The molecule has 0 fully saturated rings. The van der Waals surface area contributed by atoms with Crippen LogP contribution in [0.3, 0.4) is 0 Å². The fourth-order valence-corrected chi connectivity index (χ4v) is 0. The molecule has 0 aliphatic rings.